The minimum absolute atomic E-state index is 0.152. The van der Waals surface area contributed by atoms with Gasteiger partial charge in [0.25, 0.3) is 0 Å². The predicted octanol–water partition coefficient (Wildman–Crippen LogP) is 2.89. The van der Waals surface area contributed by atoms with E-state index in [0.29, 0.717) is 0 Å². The summed E-state index contributed by atoms with van der Waals surface area (Å²) >= 11 is 0.739. The van der Waals surface area contributed by atoms with E-state index in [1.165, 1.54) is 0 Å². The highest BCUT2D eigenvalue weighted by Gasteiger charge is 2.17. The van der Waals surface area contributed by atoms with Gasteiger partial charge in [0.15, 0.2) is 10.2 Å². The van der Waals surface area contributed by atoms with Gasteiger partial charge < -0.3 is 0 Å². The minimum Gasteiger partial charge on any atom is -0.247 e. The Bertz CT molecular complexity index is 581. The van der Waals surface area contributed by atoms with Gasteiger partial charge in [0, 0.05) is 12.2 Å². The molecule has 9 heteroatoms. The van der Waals surface area contributed by atoms with Crippen molar-refractivity contribution in [1.82, 2.24) is 4.98 Å². The molecule has 0 aliphatic rings. The topological polar surface area (TPSA) is 77.6 Å². The van der Waals surface area contributed by atoms with Crippen molar-refractivity contribution in [2.45, 2.75) is 10.8 Å². The van der Waals surface area contributed by atoms with Gasteiger partial charge in [-0.25, -0.2) is 18.4 Å². The highest BCUT2D eigenvalue weighted by atomic mass is 32.2. The Hall–Kier alpha value is -1.40. The summed E-state index contributed by atoms with van der Waals surface area (Å²) in [6, 6.07) is 1.75. The van der Waals surface area contributed by atoms with Gasteiger partial charge in [-0.1, -0.05) is 11.3 Å². The molecule has 1 aromatic rings. The fraction of sp³-hybridized carbons (Fsp3) is 0.250. The number of hydrogen-bond acceptors (Lipinski definition) is 5. The van der Waals surface area contributed by atoms with Crippen molar-refractivity contribution in [2.75, 3.05) is 5.75 Å². The monoisotopic (exact) mass is 281 g/mol. The molecule has 0 spiro atoms. The van der Waals surface area contributed by atoms with Gasteiger partial charge in [-0.05, 0) is 0 Å². The number of nitrogens with zero attached hydrogens (tertiary/aromatic N) is 2. The molecule has 0 amide bonds. The highest BCUT2D eigenvalue weighted by Crippen LogP contribution is 2.22. The van der Waals surface area contributed by atoms with Crippen LogP contribution in [0.4, 0.5) is 13.2 Å². The molecule has 0 radical (unpaired) electrons. The van der Waals surface area contributed by atoms with Crippen LogP contribution < -0.4 is 0 Å². The quantitative estimate of drug-likeness (QED) is 0.921. The second kappa shape index (κ2) is 5.29. The number of nitriles is 1. The summed E-state index contributed by atoms with van der Waals surface area (Å²) in [5.41, 5.74) is 0. The second-order valence-electron chi connectivity index (χ2n) is 2.90. The number of nitrogens with one attached hydrogen (secondary N) is 1. The predicted molar refractivity (Wildman–Crippen MR) is 55.8 cm³/mol. The van der Waals surface area contributed by atoms with Gasteiger partial charge in [-0.15, -0.1) is 0 Å². The molecule has 1 atom stereocenters. The van der Waals surface area contributed by atoms with Crippen molar-refractivity contribution in [3.05, 3.63) is 23.0 Å². The average Bonchev–Trinajstić information content (AvgIpc) is 2.75. The number of hydrogen-bond donors (Lipinski definition) is 1. The Morgan fingerprint density at radius 1 is 1.59 bits per heavy atom. The van der Waals surface area contributed by atoms with Crippen LogP contribution in [0, 0.1) is 16.1 Å². The molecule has 0 aliphatic carbocycles. The lowest BCUT2D eigenvalue weighted by atomic mass is 10.4. The summed E-state index contributed by atoms with van der Waals surface area (Å²) in [5, 5.41) is 8.51. The van der Waals surface area contributed by atoms with E-state index in [2.05, 4.69) is 4.98 Å². The Kier molecular flexibility index (Phi) is 4.25. The van der Waals surface area contributed by atoms with Gasteiger partial charge in [-0.3, -0.25) is 0 Å². The second-order valence-corrected chi connectivity index (χ2v) is 6.33. The molecule has 92 valence electrons. The van der Waals surface area contributed by atoms with E-state index >= 15 is 0 Å². The van der Waals surface area contributed by atoms with Crippen LogP contribution in [0.25, 0.3) is 0 Å². The first-order chi connectivity index (χ1) is 7.86. The first-order valence-corrected chi connectivity index (χ1v) is 6.73. The van der Waals surface area contributed by atoms with E-state index in [1.807, 2.05) is 0 Å². The zero-order valence-electron chi connectivity index (χ0n) is 8.24. The van der Waals surface area contributed by atoms with Crippen LogP contribution in [-0.2, 0) is 9.73 Å². The molecular formula is C8H6F3N3OS2. The first kappa shape index (κ1) is 13.7. The summed E-state index contributed by atoms with van der Waals surface area (Å²) in [6.07, 6.45) is -2.13. The molecule has 1 N–H and O–H groups in total. The van der Waals surface area contributed by atoms with Gasteiger partial charge >= 0.3 is 6.08 Å². The van der Waals surface area contributed by atoms with E-state index in [1.54, 1.807) is 6.07 Å². The summed E-state index contributed by atoms with van der Waals surface area (Å²) in [6.45, 7) is 0. The number of aromatic nitrogens is 1. The van der Waals surface area contributed by atoms with E-state index in [0.717, 1.165) is 17.5 Å². The molecule has 0 saturated heterocycles. The largest absolute Gasteiger partial charge is 0.301 e. The van der Waals surface area contributed by atoms with Crippen LogP contribution in [0.1, 0.15) is 11.3 Å². The van der Waals surface area contributed by atoms with Crippen molar-refractivity contribution in [3.63, 3.8) is 0 Å². The van der Waals surface area contributed by atoms with Gasteiger partial charge in [-0.2, -0.15) is 14.0 Å². The number of halogens is 3. The molecule has 1 aromatic heterocycles. The Labute approximate surface area is 99.4 Å². The van der Waals surface area contributed by atoms with E-state index < -0.39 is 33.8 Å². The van der Waals surface area contributed by atoms with Crippen molar-refractivity contribution >= 4 is 21.1 Å². The number of thiazole rings is 1. The van der Waals surface area contributed by atoms with E-state index in [9.17, 15) is 17.4 Å². The molecule has 0 aliphatic heterocycles. The van der Waals surface area contributed by atoms with Crippen molar-refractivity contribution in [1.29, 1.82) is 10.0 Å². The average molecular weight is 281 g/mol. The summed E-state index contributed by atoms with van der Waals surface area (Å²) in [7, 11) is -3.43. The van der Waals surface area contributed by atoms with Crippen LogP contribution in [0.3, 0.4) is 0 Å². The van der Waals surface area contributed by atoms with Crippen LogP contribution in [0.5, 0.6) is 0 Å². The molecule has 0 aromatic carbocycles. The van der Waals surface area contributed by atoms with E-state index in [4.69, 9.17) is 10.0 Å². The fourth-order valence-corrected chi connectivity index (χ4v) is 3.24. The maximum absolute atomic E-state index is 12.5. The Morgan fingerprint density at radius 3 is 2.71 bits per heavy atom. The van der Waals surface area contributed by atoms with E-state index in [-0.39, 0.29) is 9.22 Å². The summed E-state index contributed by atoms with van der Waals surface area (Å²) in [4.78, 5) is 3.75. The molecule has 0 fully saturated rings. The van der Waals surface area contributed by atoms with Gasteiger partial charge in [0.1, 0.15) is 20.7 Å². The van der Waals surface area contributed by atoms with Crippen molar-refractivity contribution in [2.24, 2.45) is 0 Å². The first-order valence-electron chi connectivity index (χ1n) is 4.19. The van der Waals surface area contributed by atoms with Gasteiger partial charge in [0.2, 0.25) is 0 Å². The normalized spacial score (nSPS) is 13.8. The van der Waals surface area contributed by atoms with Gasteiger partial charge in [0.05, 0.1) is 6.20 Å². The summed E-state index contributed by atoms with van der Waals surface area (Å²) in [5.74, 6) is -2.27. The molecule has 1 rings (SSSR count). The Morgan fingerprint density at radius 2 is 2.24 bits per heavy atom. The zero-order valence-corrected chi connectivity index (χ0v) is 9.88. The lowest BCUT2D eigenvalue weighted by Gasteiger charge is -2.01. The standard InChI is InChI=1S/C8H6F3N3OS2/c9-6(7(10)11)1-2-17(13,15)8-14-4-5(3-12)16-8/h4,13H,1-2H2. The minimum atomic E-state index is -3.43. The molecule has 1 heterocycles. The maximum atomic E-state index is 12.5. The molecule has 17 heavy (non-hydrogen) atoms. The zero-order chi connectivity index (χ0) is 13.1. The third-order valence-corrected chi connectivity index (χ3v) is 4.89. The summed E-state index contributed by atoms with van der Waals surface area (Å²) < 4.78 is 55.0. The lowest BCUT2D eigenvalue weighted by Crippen LogP contribution is -2.04. The van der Waals surface area contributed by atoms with Crippen LogP contribution in [0.2, 0.25) is 0 Å². The van der Waals surface area contributed by atoms with Crippen LogP contribution >= 0.6 is 11.3 Å². The lowest BCUT2D eigenvalue weighted by molar-refractivity contribution is 0.373. The van der Waals surface area contributed by atoms with Crippen molar-refractivity contribution < 1.29 is 17.4 Å². The number of allylic oxidation sites excluding steroid dienone is 1. The Balaban J connectivity index is 2.84. The third-order valence-electron chi connectivity index (χ3n) is 1.69. The molecule has 1 unspecified atom stereocenters. The van der Waals surface area contributed by atoms with Crippen LogP contribution in [0.15, 0.2) is 22.4 Å². The maximum Gasteiger partial charge on any atom is 0.301 e. The highest BCUT2D eigenvalue weighted by molar-refractivity contribution is 7.94. The SMILES string of the molecule is N#Cc1cnc(S(=N)(=O)CCC(F)=C(F)F)s1. The molecule has 0 bridgehead atoms. The third kappa shape index (κ3) is 3.54. The molecule has 0 saturated carbocycles. The fourth-order valence-electron chi connectivity index (χ4n) is 0.877. The van der Waals surface area contributed by atoms with Crippen molar-refractivity contribution in [3.8, 4) is 6.07 Å². The molecular weight excluding hydrogens is 275 g/mol. The molecule has 4 nitrogen and oxygen atoms in total. The number of rotatable bonds is 4. The van der Waals surface area contributed by atoms with Crippen LogP contribution in [-0.4, -0.2) is 14.9 Å². The smallest absolute Gasteiger partial charge is 0.247 e.